The molecule has 0 unspecified atom stereocenters. The first kappa shape index (κ1) is 17.0. The second-order valence-electron chi connectivity index (χ2n) is 6.39. The lowest BCUT2D eigenvalue weighted by molar-refractivity contribution is 0.249. The van der Waals surface area contributed by atoms with Gasteiger partial charge in [-0.25, -0.2) is 0 Å². The van der Waals surface area contributed by atoms with Crippen molar-refractivity contribution in [1.29, 1.82) is 0 Å². The molecule has 2 aliphatic rings. The highest BCUT2D eigenvalue weighted by Crippen LogP contribution is 2.39. The lowest BCUT2D eigenvalue weighted by Gasteiger charge is -2.10. The standard InChI is InChI=1S/C18H24O3S/c1-11(2)15-8-7-13(5)18-16(10-15)14(6)9-17(18)22(19,20)21-12(3)4/h7-12H,1-6H3. The average Bonchev–Trinajstić information content (AvgIpc) is 2.59. The van der Waals surface area contributed by atoms with E-state index in [2.05, 4.69) is 26.0 Å². The van der Waals surface area contributed by atoms with Gasteiger partial charge in [-0.3, -0.25) is 4.18 Å². The molecule has 0 heterocycles. The molecule has 0 N–H and O–H groups in total. The number of hydrogen-bond donors (Lipinski definition) is 0. The number of aryl methyl sites for hydroxylation is 2. The van der Waals surface area contributed by atoms with Crippen molar-refractivity contribution in [2.24, 2.45) is 0 Å². The van der Waals surface area contributed by atoms with Gasteiger partial charge >= 0.3 is 0 Å². The van der Waals surface area contributed by atoms with E-state index < -0.39 is 10.1 Å². The van der Waals surface area contributed by atoms with Crippen molar-refractivity contribution < 1.29 is 12.6 Å². The molecule has 0 aromatic carbocycles. The van der Waals surface area contributed by atoms with Gasteiger partial charge in [0.1, 0.15) is 4.90 Å². The minimum absolute atomic E-state index is 0.275. The highest BCUT2D eigenvalue weighted by Gasteiger charge is 2.27. The van der Waals surface area contributed by atoms with Gasteiger partial charge < -0.3 is 0 Å². The van der Waals surface area contributed by atoms with Crippen LogP contribution in [0, 0.1) is 13.8 Å². The molecule has 3 nitrogen and oxygen atoms in total. The van der Waals surface area contributed by atoms with E-state index in [-0.39, 0.29) is 11.0 Å². The Labute approximate surface area is 133 Å². The van der Waals surface area contributed by atoms with Crippen LogP contribution >= 0.6 is 0 Å². The van der Waals surface area contributed by atoms with Crippen molar-refractivity contribution in [2.75, 3.05) is 0 Å². The second-order valence-corrected chi connectivity index (χ2v) is 7.94. The number of rotatable bonds is 4. The van der Waals surface area contributed by atoms with Crippen LogP contribution in [0.25, 0.3) is 11.1 Å². The molecule has 0 aliphatic heterocycles. The van der Waals surface area contributed by atoms with Gasteiger partial charge in [-0.05, 0) is 61.9 Å². The van der Waals surface area contributed by atoms with Crippen molar-refractivity contribution >= 4 is 10.1 Å². The molecular formula is C18H24O3S. The predicted octanol–water partition coefficient (Wildman–Crippen LogP) is 4.65. The Kier molecular flexibility index (Phi) is 4.64. The molecule has 120 valence electrons. The summed E-state index contributed by atoms with van der Waals surface area (Å²) in [6, 6.07) is 7.88. The quantitative estimate of drug-likeness (QED) is 0.770. The molecule has 0 aromatic heterocycles. The molecule has 0 spiro atoms. The van der Waals surface area contributed by atoms with E-state index in [1.807, 2.05) is 19.9 Å². The van der Waals surface area contributed by atoms with Crippen LogP contribution in [0.2, 0.25) is 0 Å². The number of hydrogen-bond acceptors (Lipinski definition) is 3. The second kappa shape index (κ2) is 6.01. The van der Waals surface area contributed by atoms with E-state index >= 15 is 0 Å². The van der Waals surface area contributed by atoms with Crippen LogP contribution in [-0.4, -0.2) is 14.5 Å². The van der Waals surface area contributed by atoms with E-state index in [0.717, 1.165) is 22.3 Å². The monoisotopic (exact) mass is 320 g/mol. The van der Waals surface area contributed by atoms with Crippen LogP contribution in [0.4, 0.5) is 0 Å². The Hall–Kier alpha value is -1.39. The zero-order chi connectivity index (χ0) is 16.7. The third-order valence-electron chi connectivity index (χ3n) is 3.77. The summed E-state index contributed by atoms with van der Waals surface area (Å²) in [7, 11) is -3.75. The van der Waals surface area contributed by atoms with E-state index in [9.17, 15) is 8.42 Å². The van der Waals surface area contributed by atoms with Gasteiger partial charge in [-0.1, -0.05) is 32.0 Å². The summed E-state index contributed by atoms with van der Waals surface area (Å²) in [6.07, 6.45) is -0.376. The molecule has 0 saturated heterocycles. The third kappa shape index (κ3) is 3.18. The molecule has 2 rings (SSSR count). The van der Waals surface area contributed by atoms with Crippen LogP contribution in [0.3, 0.4) is 0 Å². The van der Waals surface area contributed by atoms with Gasteiger partial charge in [0.2, 0.25) is 0 Å². The van der Waals surface area contributed by atoms with Crippen molar-refractivity contribution in [3.8, 4) is 11.1 Å². The summed E-state index contributed by atoms with van der Waals surface area (Å²) >= 11 is 0. The molecular weight excluding hydrogens is 296 g/mol. The van der Waals surface area contributed by atoms with Gasteiger partial charge in [0.25, 0.3) is 10.1 Å². The maximum absolute atomic E-state index is 12.5. The minimum Gasteiger partial charge on any atom is -0.264 e. The lowest BCUT2D eigenvalue weighted by atomic mass is 10.0. The van der Waals surface area contributed by atoms with Gasteiger partial charge in [0, 0.05) is 5.56 Å². The highest BCUT2D eigenvalue weighted by molar-refractivity contribution is 7.87. The van der Waals surface area contributed by atoms with Crippen LogP contribution in [0.5, 0.6) is 0 Å². The molecule has 0 bridgehead atoms. The summed E-state index contributed by atoms with van der Waals surface area (Å²) in [4.78, 5) is 0.275. The predicted molar refractivity (Wildman–Crippen MR) is 90.0 cm³/mol. The summed E-state index contributed by atoms with van der Waals surface area (Å²) < 4.78 is 30.2. The zero-order valence-electron chi connectivity index (χ0n) is 14.1. The van der Waals surface area contributed by atoms with Gasteiger partial charge in [-0.2, -0.15) is 8.42 Å². The molecule has 0 atom stereocenters. The summed E-state index contributed by atoms with van der Waals surface area (Å²) in [5.41, 5.74) is 4.85. The topological polar surface area (TPSA) is 43.4 Å². The fraction of sp³-hybridized carbons (Fsp3) is 0.444. The van der Waals surface area contributed by atoms with Crippen LogP contribution in [0.15, 0.2) is 29.2 Å². The van der Waals surface area contributed by atoms with E-state index in [1.165, 1.54) is 5.56 Å². The normalized spacial score (nSPS) is 12.5. The summed E-state index contributed by atoms with van der Waals surface area (Å²) in [5, 5.41) is 0. The Balaban J connectivity index is 2.73. The molecule has 2 aliphatic carbocycles. The SMILES string of the molecule is Cc1cc(S(=O)(=O)OC(C)C)c2c(C)ccc(C(C)C)cc1-2. The molecule has 0 amide bonds. The molecule has 0 radical (unpaired) electrons. The van der Waals surface area contributed by atoms with E-state index in [0.29, 0.717) is 5.92 Å². The van der Waals surface area contributed by atoms with Crippen molar-refractivity contribution in [1.82, 2.24) is 0 Å². The van der Waals surface area contributed by atoms with Crippen LogP contribution in [-0.2, 0) is 14.3 Å². The molecule has 4 heteroatoms. The van der Waals surface area contributed by atoms with Gasteiger partial charge in [0.15, 0.2) is 0 Å². The third-order valence-corrected chi connectivity index (χ3v) is 5.27. The number of fused-ring (bicyclic) bond motifs is 1. The van der Waals surface area contributed by atoms with Crippen LogP contribution < -0.4 is 0 Å². The lowest BCUT2D eigenvalue weighted by Crippen LogP contribution is -2.12. The first-order chi connectivity index (χ1) is 10.1. The summed E-state index contributed by atoms with van der Waals surface area (Å²) in [6.45, 7) is 11.6. The molecule has 22 heavy (non-hydrogen) atoms. The Morgan fingerprint density at radius 2 is 1.59 bits per heavy atom. The van der Waals surface area contributed by atoms with Crippen LogP contribution in [0.1, 0.15) is 50.3 Å². The van der Waals surface area contributed by atoms with Gasteiger partial charge in [0.05, 0.1) is 6.10 Å². The molecule has 0 aromatic rings. The fourth-order valence-corrected chi connectivity index (χ4v) is 4.10. The smallest absolute Gasteiger partial charge is 0.264 e. The fourth-order valence-electron chi connectivity index (χ4n) is 2.65. The maximum Gasteiger partial charge on any atom is 0.297 e. The van der Waals surface area contributed by atoms with Gasteiger partial charge in [-0.15, -0.1) is 0 Å². The minimum atomic E-state index is -3.75. The Morgan fingerprint density at radius 1 is 0.955 bits per heavy atom. The first-order valence-corrected chi connectivity index (χ1v) is 9.01. The highest BCUT2D eigenvalue weighted by atomic mass is 32.2. The average molecular weight is 320 g/mol. The Bertz CT molecular complexity index is 758. The first-order valence-electron chi connectivity index (χ1n) is 7.60. The molecule has 0 saturated carbocycles. The largest absolute Gasteiger partial charge is 0.297 e. The van der Waals surface area contributed by atoms with Crippen molar-refractivity contribution in [3.63, 3.8) is 0 Å². The van der Waals surface area contributed by atoms with Crippen molar-refractivity contribution in [2.45, 2.75) is 58.5 Å². The Morgan fingerprint density at radius 3 is 2.14 bits per heavy atom. The van der Waals surface area contributed by atoms with E-state index in [4.69, 9.17) is 4.18 Å². The van der Waals surface area contributed by atoms with Crippen molar-refractivity contribution in [3.05, 3.63) is 41.0 Å². The van der Waals surface area contributed by atoms with E-state index in [1.54, 1.807) is 19.9 Å². The zero-order valence-corrected chi connectivity index (χ0v) is 14.9. The maximum atomic E-state index is 12.5. The molecule has 0 fully saturated rings. The summed E-state index contributed by atoms with van der Waals surface area (Å²) in [5.74, 6) is 0.385.